The number of rotatable bonds is 5. The molecule has 3 rings (SSSR count). The van der Waals surface area contributed by atoms with Crippen molar-refractivity contribution in [1.29, 1.82) is 0 Å². The molecule has 0 aromatic heterocycles. The fourth-order valence-electron chi connectivity index (χ4n) is 2.94. The fourth-order valence-corrected chi connectivity index (χ4v) is 2.94. The average Bonchev–Trinajstić information content (AvgIpc) is 2.58. The van der Waals surface area contributed by atoms with Crippen LogP contribution in [-0.2, 0) is 11.2 Å². The predicted molar refractivity (Wildman–Crippen MR) is 91.9 cm³/mol. The maximum Gasteiger partial charge on any atom is 0.268 e. The smallest absolute Gasteiger partial charge is 0.268 e. The Bertz CT molecular complexity index is 744. The SMILES string of the molecule is CCOc1ccccc1CC1Oc2cc(O)ccc2N(CC)C1=O. The van der Waals surface area contributed by atoms with E-state index in [-0.39, 0.29) is 11.7 Å². The van der Waals surface area contributed by atoms with Gasteiger partial charge in [0.05, 0.1) is 12.3 Å². The average molecular weight is 327 g/mol. The molecule has 2 aromatic rings. The summed E-state index contributed by atoms with van der Waals surface area (Å²) in [7, 11) is 0. The van der Waals surface area contributed by atoms with Crippen molar-refractivity contribution in [2.24, 2.45) is 0 Å². The molecule has 1 unspecified atom stereocenters. The van der Waals surface area contributed by atoms with Crippen molar-refractivity contribution in [2.75, 3.05) is 18.1 Å². The fraction of sp³-hybridized carbons (Fsp3) is 0.316. The summed E-state index contributed by atoms with van der Waals surface area (Å²) >= 11 is 0. The number of hydrogen-bond donors (Lipinski definition) is 1. The number of likely N-dealkylation sites (N-methyl/N-ethyl adjacent to an activating group) is 1. The van der Waals surface area contributed by atoms with Crippen LogP contribution in [0.5, 0.6) is 17.2 Å². The van der Waals surface area contributed by atoms with Gasteiger partial charge in [0.15, 0.2) is 6.10 Å². The molecule has 1 atom stereocenters. The highest BCUT2D eigenvalue weighted by molar-refractivity contribution is 6.00. The van der Waals surface area contributed by atoms with Gasteiger partial charge in [0.2, 0.25) is 0 Å². The number of nitrogens with zero attached hydrogens (tertiary/aromatic N) is 1. The van der Waals surface area contributed by atoms with E-state index in [1.54, 1.807) is 23.1 Å². The molecular weight excluding hydrogens is 306 g/mol. The van der Waals surface area contributed by atoms with Gasteiger partial charge in [-0.25, -0.2) is 0 Å². The number of carbonyl (C=O) groups excluding carboxylic acids is 1. The Morgan fingerprint density at radius 3 is 2.75 bits per heavy atom. The van der Waals surface area contributed by atoms with Crippen LogP contribution in [0.4, 0.5) is 5.69 Å². The van der Waals surface area contributed by atoms with Crippen LogP contribution in [0.3, 0.4) is 0 Å². The van der Waals surface area contributed by atoms with Crippen LogP contribution in [0.1, 0.15) is 19.4 Å². The van der Waals surface area contributed by atoms with Crippen LogP contribution >= 0.6 is 0 Å². The van der Waals surface area contributed by atoms with E-state index in [0.717, 1.165) is 11.3 Å². The van der Waals surface area contributed by atoms with Crippen molar-refractivity contribution < 1.29 is 19.4 Å². The lowest BCUT2D eigenvalue weighted by Crippen LogP contribution is -2.46. The molecule has 1 aliphatic rings. The molecule has 0 bridgehead atoms. The molecule has 1 N–H and O–H groups in total. The van der Waals surface area contributed by atoms with Gasteiger partial charge < -0.3 is 19.5 Å². The van der Waals surface area contributed by atoms with E-state index >= 15 is 0 Å². The van der Waals surface area contributed by atoms with Crippen molar-refractivity contribution >= 4 is 11.6 Å². The van der Waals surface area contributed by atoms with E-state index in [0.29, 0.717) is 31.0 Å². The van der Waals surface area contributed by atoms with Gasteiger partial charge >= 0.3 is 0 Å². The number of benzene rings is 2. The van der Waals surface area contributed by atoms with E-state index < -0.39 is 6.10 Å². The second kappa shape index (κ2) is 6.83. The van der Waals surface area contributed by atoms with Crippen LogP contribution in [-0.4, -0.2) is 30.3 Å². The summed E-state index contributed by atoms with van der Waals surface area (Å²) in [4.78, 5) is 14.5. The Morgan fingerprint density at radius 1 is 1.21 bits per heavy atom. The summed E-state index contributed by atoms with van der Waals surface area (Å²) in [6, 6.07) is 12.5. The first-order valence-electron chi connectivity index (χ1n) is 8.15. The third-order valence-corrected chi connectivity index (χ3v) is 4.04. The zero-order valence-electron chi connectivity index (χ0n) is 13.9. The van der Waals surface area contributed by atoms with Gasteiger partial charge in [0.25, 0.3) is 5.91 Å². The third-order valence-electron chi connectivity index (χ3n) is 4.04. The molecule has 1 aliphatic heterocycles. The molecule has 5 heteroatoms. The number of aromatic hydroxyl groups is 1. The number of ether oxygens (including phenoxy) is 2. The largest absolute Gasteiger partial charge is 0.508 e. The number of fused-ring (bicyclic) bond motifs is 1. The predicted octanol–water partition coefficient (Wildman–Crippen LogP) is 3.15. The van der Waals surface area contributed by atoms with Gasteiger partial charge in [-0.1, -0.05) is 18.2 Å². The summed E-state index contributed by atoms with van der Waals surface area (Å²) in [5, 5.41) is 9.70. The standard InChI is InChI=1S/C19H21NO4/c1-3-20-15-10-9-14(21)12-17(15)24-18(19(20)22)11-13-7-5-6-8-16(13)23-4-2/h5-10,12,18,21H,3-4,11H2,1-2H3. The number of phenolic OH excluding ortho intramolecular Hbond substituents is 1. The summed E-state index contributed by atoms with van der Waals surface area (Å²) in [6.07, 6.45) is -0.221. The second-order valence-corrected chi connectivity index (χ2v) is 5.59. The zero-order chi connectivity index (χ0) is 17.1. The second-order valence-electron chi connectivity index (χ2n) is 5.59. The summed E-state index contributed by atoms with van der Waals surface area (Å²) in [6.45, 7) is 4.96. The first kappa shape index (κ1) is 16.2. The van der Waals surface area contributed by atoms with E-state index in [1.807, 2.05) is 38.1 Å². The van der Waals surface area contributed by atoms with Gasteiger partial charge in [-0.05, 0) is 37.6 Å². The minimum Gasteiger partial charge on any atom is -0.508 e. The van der Waals surface area contributed by atoms with E-state index in [1.165, 1.54) is 0 Å². The van der Waals surface area contributed by atoms with Crippen LogP contribution in [0.2, 0.25) is 0 Å². The molecule has 0 radical (unpaired) electrons. The molecule has 5 nitrogen and oxygen atoms in total. The lowest BCUT2D eigenvalue weighted by molar-refractivity contribution is -0.126. The maximum absolute atomic E-state index is 12.8. The number of anilines is 1. The highest BCUT2D eigenvalue weighted by Crippen LogP contribution is 2.37. The van der Waals surface area contributed by atoms with Gasteiger partial charge in [0, 0.05) is 19.0 Å². The molecule has 0 spiro atoms. The Kier molecular flexibility index (Phi) is 4.60. The minimum atomic E-state index is -0.638. The quantitative estimate of drug-likeness (QED) is 0.916. The monoisotopic (exact) mass is 327 g/mol. The number of carbonyl (C=O) groups is 1. The number of hydrogen-bond acceptors (Lipinski definition) is 4. The van der Waals surface area contributed by atoms with Gasteiger partial charge in [-0.2, -0.15) is 0 Å². The highest BCUT2D eigenvalue weighted by atomic mass is 16.5. The molecule has 0 fully saturated rings. The molecule has 1 amide bonds. The van der Waals surface area contributed by atoms with Crippen molar-refractivity contribution in [3.63, 3.8) is 0 Å². The van der Waals surface area contributed by atoms with Crippen LogP contribution in [0, 0.1) is 0 Å². The molecule has 0 saturated heterocycles. The lowest BCUT2D eigenvalue weighted by atomic mass is 10.0. The number of amides is 1. The number of para-hydroxylation sites is 1. The Balaban J connectivity index is 1.91. The van der Waals surface area contributed by atoms with Gasteiger partial charge in [-0.3, -0.25) is 4.79 Å². The summed E-state index contributed by atoms with van der Waals surface area (Å²) < 4.78 is 11.5. The van der Waals surface area contributed by atoms with Crippen LogP contribution in [0.25, 0.3) is 0 Å². The third kappa shape index (κ3) is 3.02. The van der Waals surface area contributed by atoms with Crippen molar-refractivity contribution in [2.45, 2.75) is 26.4 Å². The molecule has 2 aromatic carbocycles. The van der Waals surface area contributed by atoms with Crippen LogP contribution < -0.4 is 14.4 Å². The Morgan fingerprint density at radius 2 is 2.00 bits per heavy atom. The zero-order valence-corrected chi connectivity index (χ0v) is 13.9. The minimum absolute atomic E-state index is 0.0815. The van der Waals surface area contributed by atoms with Gasteiger partial charge in [0.1, 0.15) is 17.2 Å². The summed E-state index contributed by atoms with van der Waals surface area (Å²) in [5.74, 6) is 1.33. The van der Waals surface area contributed by atoms with Gasteiger partial charge in [-0.15, -0.1) is 0 Å². The molecule has 1 heterocycles. The van der Waals surface area contributed by atoms with E-state index in [4.69, 9.17) is 9.47 Å². The molecule has 126 valence electrons. The highest BCUT2D eigenvalue weighted by Gasteiger charge is 2.34. The van der Waals surface area contributed by atoms with Crippen molar-refractivity contribution in [3.05, 3.63) is 48.0 Å². The number of phenols is 1. The molecular formula is C19H21NO4. The van der Waals surface area contributed by atoms with Crippen molar-refractivity contribution in [3.8, 4) is 17.2 Å². The topological polar surface area (TPSA) is 59.0 Å². The first-order chi connectivity index (χ1) is 11.6. The van der Waals surface area contributed by atoms with Crippen LogP contribution in [0.15, 0.2) is 42.5 Å². The van der Waals surface area contributed by atoms with E-state index in [9.17, 15) is 9.90 Å². The Hall–Kier alpha value is -2.69. The van der Waals surface area contributed by atoms with Crippen molar-refractivity contribution in [1.82, 2.24) is 0 Å². The first-order valence-corrected chi connectivity index (χ1v) is 8.15. The normalized spacial score (nSPS) is 16.5. The Labute approximate surface area is 141 Å². The lowest BCUT2D eigenvalue weighted by Gasteiger charge is -2.34. The molecule has 0 saturated carbocycles. The van der Waals surface area contributed by atoms with E-state index in [2.05, 4.69) is 0 Å². The maximum atomic E-state index is 12.8. The summed E-state index contributed by atoms with van der Waals surface area (Å²) in [5.41, 5.74) is 1.62. The molecule has 24 heavy (non-hydrogen) atoms. The molecule has 0 aliphatic carbocycles.